The average molecular weight is 750 g/mol. The monoisotopic (exact) mass is 749 g/mol. The molecule has 2 aliphatic rings. The lowest BCUT2D eigenvalue weighted by molar-refractivity contribution is 0.794. The van der Waals surface area contributed by atoms with E-state index in [9.17, 15) is 0 Å². The average Bonchev–Trinajstić information content (AvgIpc) is 3.79. The van der Waals surface area contributed by atoms with Gasteiger partial charge in [0.1, 0.15) is 0 Å². The number of hydrogen-bond acceptors (Lipinski definition) is 3. The fraction of sp³-hybridized carbons (Fsp3) is 0.0179. The Labute approximate surface area is 343 Å². The first-order valence-corrected chi connectivity index (χ1v) is 20.2. The molecule has 0 aliphatic heterocycles. The Bertz CT molecular complexity index is 3140. The quantitative estimate of drug-likeness (QED) is 0.176. The van der Waals surface area contributed by atoms with Gasteiger partial charge in [-0.3, -0.25) is 0 Å². The first-order valence-electron chi connectivity index (χ1n) is 20.2. The highest BCUT2D eigenvalue weighted by atomic mass is 15.0. The molecule has 59 heavy (non-hydrogen) atoms. The van der Waals surface area contributed by atoms with E-state index in [0.717, 1.165) is 22.3 Å². The van der Waals surface area contributed by atoms with Crippen LogP contribution in [0, 0.1) is 0 Å². The van der Waals surface area contributed by atoms with Crippen molar-refractivity contribution in [2.45, 2.75) is 5.41 Å². The summed E-state index contributed by atoms with van der Waals surface area (Å²) in [6.07, 6.45) is 0. The minimum absolute atomic E-state index is 0.380. The van der Waals surface area contributed by atoms with E-state index in [1.54, 1.807) is 0 Å². The van der Waals surface area contributed by atoms with Crippen LogP contribution in [0.15, 0.2) is 212 Å². The molecule has 3 heteroatoms. The second kappa shape index (κ2) is 13.2. The first kappa shape index (κ1) is 33.4. The Hall–Kier alpha value is -7.75. The highest BCUT2D eigenvalue weighted by molar-refractivity contribution is 6.06. The normalized spacial score (nSPS) is 12.9. The predicted molar refractivity (Wildman–Crippen MR) is 241 cm³/mol. The number of hydrogen-bond donors (Lipinski definition) is 0. The minimum Gasteiger partial charge on any atom is -0.208 e. The Morgan fingerprint density at radius 2 is 0.576 bits per heavy atom. The van der Waals surface area contributed by atoms with Crippen molar-refractivity contribution in [3.05, 3.63) is 235 Å². The van der Waals surface area contributed by atoms with Crippen LogP contribution in [0.25, 0.3) is 89.4 Å². The number of aromatic nitrogens is 3. The molecule has 0 amide bonds. The summed E-state index contributed by atoms with van der Waals surface area (Å²) in [5, 5.41) is 2.44. The molecule has 0 radical (unpaired) electrons. The number of rotatable bonds is 5. The van der Waals surface area contributed by atoms with Crippen molar-refractivity contribution in [2.75, 3.05) is 0 Å². The van der Waals surface area contributed by atoms with Crippen molar-refractivity contribution in [3.8, 4) is 78.7 Å². The van der Waals surface area contributed by atoms with Gasteiger partial charge in [-0.2, -0.15) is 0 Å². The topological polar surface area (TPSA) is 38.7 Å². The largest absolute Gasteiger partial charge is 0.208 e. The van der Waals surface area contributed by atoms with Crippen molar-refractivity contribution >= 4 is 10.8 Å². The van der Waals surface area contributed by atoms with Gasteiger partial charge >= 0.3 is 0 Å². The molecule has 0 N–H and O–H groups in total. The fourth-order valence-electron chi connectivity index (χ4n) is 9.80. The second-order valence-electron chi connectivity index (χ2n) is 15.5. The van der Waals surface area contributed by atoms with Gasteiger partial charge in [0.05, 0.1) is 5.41 Å². The third-order valence-electron chi connectivity index (χ3n) is 12.4. The molecule has 1 aromatic heterocycles. The Balaban J connectivity index is 0.968. The number of benzene rings is 9. The van der Waals surface area contributed by atoms with Crippen molar-refractivity contribution in [1.82, 2.24) is 15.0 Å². The molecule has 0 saturated carbocycles. The molecule has 12 rings (SSSR count). The summed E-state index contributed by atoms with van der Waals surface area (Å²) in [5.41, 5.74) is 17.9. The van der Waals surface area contributed by atoms with Crippen molar-refractivity contribution < 1.29 is 0 Å². The van der Waals surface area contributed by atoms with Crippen LogP contribution in [-0.4, -0.2) is 15.0 Å². The SMILES string of the molecule is c1ccc(-c2nc(-c3ccccc3)nc(-c3ccc(-c4ccc(-c5ccc6c(c5)C5(c7ccccc7-c7ccccc75)c5ccccc5-6)c5ccccc45)cc3)n2)cc1. The molecular formula is C56H35N3. The summed E-state index contributed by atoms with van der Waals surface area (Å²) in [7, 11) is 0. The van der Waals surface area contributed by atoms with E-state index in [1.807, 2.05) is 60.7 Å². The molecule has 0 bridgehead atoms. The van der Waals surface area contributed by atoms with E-state index in [-0.39, 0.29) is 5.41 Å². The molecule has 0 saturated heterocycles. The highest BCUT2D eigenvalue weighted by Crippen LogP contribution is 2.63. The van der Waals surface area contributed by atoms with Crippen LogP contribution in [0.5, 0.6) is 0 Å². The van der Waals surface area contributed by atoms with Crippen LogP contribution in [-0.2, 0) is 5.41 Å². The van der Waals surface area contributed by atoms with Crippen LogP contribution in [0.3, 0.4) is 0 Å². The molecule has 0 fully saturated rings. The molecule has 9 aromatic carbocycles. The zero-order valence-electron chi connectivity index (χ0n) is 32.0. The smallest absolute Gasteiger partial charge is 0.164 e. The molecule has 0 atom stereocenters. The van der Waals surface area contributed by atoms with E-state index in [4.69, 9.17) is 15.0 Å². The zero-order chi connectivity index (χ0) is 38.9. The predicted octanol–water partition coefficient (Wildman–Crippen LogP) is 13.7. The second-order valence-corrected chi connectivity index (χ2v) is 15.5. The fourth-order valence-corrected chi connectivity index (χ4v) is 9.80. The summed E-state index contributed by atoms with van der Waals surface area (Å²) in [6, 6.07) is 76.5. The maximum Gasteiger partial charge on any atom is 0.164 e. The highest BCUT2D eigenvalue weighted by Gasteiger charge is 2.51. The summed E-state index contributed by atoms with van der Waals surface area (Å²) >= 11 is 0. The van der Waals surface area contributed by atoms with Gasteiger partial charge in [-0.25, -0.2) is 15.0 Å². The molecular weight excluding hydrogens is 715 g/mol. The van der Waals surface area contributed by atoms with E-state index >= 15 is 0 Å². The maximum absolute atomic E-state index is 4.96. The standard InChI is InChI=1S/C56H35N3/c1-3-15-37(16-4-1)53-57-54(38-17-5-2-6-18-38)59-55(58-53)39-29-27-36(28-30-39)41-33-34-42(44-20-8-7-19-43(41)44)40-31-32-48-47-23-11-14-26-51(47)56(52(48)35-40)49-24-12-9-21-45(49)46-22-10-13-25-50(46)56/h1-35H. The van der Waals surface area contributed by atoms with Crippen molar-refractivity contribution in [1.29, 1.82) is 0 Å². The molecule has 1 spiro atoms. The molecule has 2 aliphatic carbocycles. The molecule has 10 aromatic rings. The third kappa shape index (κ3) is 5.05. The van der Waals surface area contributed by atoms with Crippen LogP contribution < -0.4 is 0 Å². The zero-order valence-corrected chi connectivity index (χ0v) is 32.0. The molecule has 274 valence electrons. The van der Waals surface area contributed by atoms with Crippen molar-refractivity contribution in [2.24, 2.45) is 0 Å². The maximum atomic E-state index is 4.96. The molecule has 3 nitrogen and oxygen atoms in total. The van der Waals surface area contributed by atoms with E-state index in [1.165, 1.54) is 72.0 Å². The van der Waals surface area contributed by atoms with E-state index < -0.39 is 0 Å². The summed E-state index contributed by atoms with van der Waals surface area (Å²) < 4.78 is 0. The number of fused-ring (bicyclic) bond motifs is 11. The van der Waals surface area contributed by atoms with Crippen LogP contribution in [0.2, 0.25) is 0 Å². The number of nitrogens with zero attached hydrogens (tertiary/aromatic N) is 3. The van der Waals surface area contributed by atoms with E-state index in [0.29, 0.717) is 17.5 Å². The van der Waals surface area contributed by atoms with Crippen LogP contribution >= 0.6 is 0 Å². The third-order valence-corrected chi connectivity index (χ3v) is 12.4. The van der Waals surface area contributed by atoms with Gasteiger partial charge in [0.25, 0.3) is 0 Å². The van der Waals surface area contributed by atoms with Gasteiger partial charge < -0.3 is 0 Å². The Kier molecular flexibility index (Phi) is 7.45. The van der Waals surface area contributed by atoms with Crippen LogP contribution in [0.1, 0.15) is 22.3 Å². The van der Waals surface area contributed by atoms with Crippen LogP contribution in [0.4, 0.5) is 0 Å². The molecule has 0 unspecified atom stereocenters. The van der Waals surface area contributed by atoms with Crippen molar-refractivity contribution in [3.63, 3.8) is 0 Å². The summed E-state index contributed by atoms with van der Waals surface area (Å²) in [5.74, 6) is 1.96. The van der Waals surface area contributed by atoms with Gasteiger partial charge in [0.15, 0.2) is 17.5 Å². The Morgan fingerprint density at radius 3 is 1.07 bits per heavy atom. The van der Waals surface area contributed by atoms with Gasteiger partial charge in [0, 0.05) is 16.7 Å². The lowest BCUT2D eigenvalue weighted by Gasteiger charge is -2.30. The van der Waals surface area contributed by atoms with Gasteiger partial charge in [-0.05, 0) is 83.6 Å². The first-order chi connectivity index (χ1) is 29.3. The van der Waals surface area contributed by atoms with Gasteiger partial charge in [0.2, 0.25) is 0 Å². The summed E-state index contributed by atoms with van der Waals surface area (Å²) in [6.45, 7) is 0. The lowest BCUT2D eigenvalue weighted by atomic mass is 9.70. The molecule has 1 heterocycles. The minimum atomic E-state index is -0.380. The lowest BCUT2D eigenvalue weighted by Crippen LogP contribution is -2.25. The van der Waals surface area contributed by atoms with Gasteiger partial charge in [-0.15, -0.1) is 0 Å². The Morgan fingerprint density at radius 1 is 0.237 bits per heavy atom. The van der Waals surface area contributed by atoms with E-state index in [2.05, 4.69) is 152 Å². The summed E-state index contributed by atoms with van der Waals surface area (Å²) in [4.78, 5) is 14.8. The van der Waals surface area contributed by atoms with Gasteiger partial charge in [-0.1, -0.05) is 206 Å².